The molecule has 2 aromatic rings. The van der Waals surface area contributed by atoms with Crippen molar-refractivity contribution in [2.75, 3.05) is 0 Å². The third-order valence-electron chi connectivity index (χ3n) is 2.25. The molecule has 1 aromatic carbocycles. The van der Waals surface area contributed by atoms with Gasteiger partial charge in [-0.15, -0.1) is 0 Å². The van der Waals surface area contributed by atoms with Crippen LogP contribution in [0.3, 0.4) is 0 Å². The molecule has 0 fully saturated rings. The molecule has 1 heterocycles. The Morgan fingerprint density at radius 1 is 1.31 bits per heavy atom. The first-order valence-electron chi connectivity index (χ1n) is 4.42. The van der Waals surface area contributed by atoms with Crippen LogP contribution in [0.2, 0.25) is 0 Å². The van der Waals surface area contributed by atoms with Crippen molar-refractivity contribution in [1.82, 2.24) is 4.98 Å². The monoisotopic (exact) mass is 171 g/mol. The molecular formula is C12H13N. The Hall–Kier alpha value is -1.50. The van der Waals surface area contributed by atoms with Gasteiger partial charge in [-0.1, -0.05) is 18.2 Å². The molecule has 0 aliphatic rings. The van der Waals surface area contributed by atoms with Crippen LogP contribution in [0, 0.1) is 6.92 Å². The highest BCUT2D eigenvalue weighted by Crippen LogP contribution is 2.20. The van der Waals surface area contributed by atoms with E-state index in [1.165, 1.54) is 22.2 Å². The van der Waals surface area contributed by atoms with E-state index in [4.69, 9.17) is 0 Å². The fourth-order valence-electron chi connectivity index (χ4n) is 1.54. The second-order valence-corrected chi connectivity index (χ2v) is 3.53. The lowest BCUT2D eigenvalue weighted by Gasteiger charge is -1.98. The van der Waals surface area contributed by atoms with Crippen molar-refractivity contribution in [3.8, 4) is 0 Å². The Morgan fingerprint density at radius 2 is 2.08 bits per heavy atom. The number of rotatable bonds is 1. The summed E-state index contributed by atoms with van der Waals surface area (Å²) in [6.07, 6.45) is 0. The van der Waals surface area contributed by atoms with Crippen LogP contribution < -0.4 is 0 Å². The summed E-state index contributed by atoms with van der Waals surface area (Å²) in [6.45, 7) is 8.03. The third-order valence-corrected chi connectivity index (χ3v) is 2.25. The average molecular weight is 171 g/mol. The van der Waals surface area contributed by atoms with E-state index < -0.39 is 0 Å². The Balaban J connectivity index is 2.67. The van der Waals surface area contributed by atoms with Gasteiger partial charge in [0.15, 0.2) is 0 Å². The van der Waals surface area contributed by atoms with Gasteiger partial charge in [0.05, 0.1) is 0 Å². The first kappa shape index (κ1) is 8.11. The van der Waals surface area contributed by atoms with Gasteiger partial charge in [-0.2, -0.15) is 0 Å². The largest absolute Gasteiger partial charge is 0.359 e. The molecule has 0 spiro atoms. The molecule has 0 atom stereocenters. The molecule has 0 saturated carbocycles. The lowest BCUT2D eigenvalue weighted by Crippen LogP contribution is -1.76. The van der Waals surface area contributed by atoms with Gasteiger partial charge in [-0.25, -0.2) is 0 Å². The van der Waals surface area contributed by atoms with Gasteiger partial charge in [0, 0.05) is 16.6 Å². The third kappa shape index (κ3) is 1.37. The van der Waals surface area contributed by atoms with E-state index in [-0.39, 0.29) is 0 Å². The minimum atomic E-state index is 1.11. The molecule has 2 rings (SSSR count). The average Bonchev–Trinajstić information content (AvgIpc) is 2.42. The van der Waals surface area contributed by atoms with Crippen LogP contribution in [-0.4, -0.2) is 4.98 Å². The summed E-state index contributed by atoms with van der Waals surface area (Å²) in [5.74, 6) is 0. The molecule has 1 aromatic heterocycles. The predicted octanol–water partition coefficient (Wildman–Crippen LogP) is 3.51. The van der Waals surface area contributed by atoms with Crippen LogP contribution in [0.4, 0.5) is 0 Å². The molecule has 13 heavy (non-hydrogen) atoms. The minimum Gasteiger partial charge on any atom is -0.359 e. The number of fused-ring (bicyclic) bond motifs is 1. The second kappa shape index (κ2) is 2.77. The van der Waals surface area contributed by atoms with Gasteiger partial charge in [0.1, 0.15) is 0 Å². The molecule has 0 bridgehead atoms. The quantitative estimate of drug-likeness (QED) is 0.675. The zero-order valence-electron chi connectivity index (χ0n) is 8.02. The lowest BCUT2D eigenvalue weighted by atomic mass is 10.1. The molecule has 0 saturated heterocycles. The minimum absolute atomic E-state index is 1.11. The van der Waals surface area contributed by atoms with Crippen molar-refractivity contribution in [2.24, 2.45) is 0 Å². The van der Waals surface area contributed by atoms with Crippen molar-refractivity contribution >= 4 is 16.5 Å². The molecule has 1 heteroatoms. The molecule has 0 aliphatic heterocycles. The van der Waals surface area contributed by atoms with Crippen LogP contribution in [0.25, 0.3) is 16.5 Å². The van der Waals surface area contributed by atoms with Crippen LogP contribution >= 0.6 is 0 Å². The number of hydrogen-bond donors (Lipinski definition) is 1. The van der Waals surface area contributed by atoms with Crippen molar-refractivity contribution < 1.29 is 0 Å². The van der Waals surface area contributed by atoms with E-state index >= 15 is 0 Å². The van der Waals surface area contributed by atoms with Crippen molar-refractivity contribution in [2.45, 2.75) is 13.8 Å². The van der Waals surface area contributed by atoms with E-state index in [0.717, 1.165) is 5.57 Å². The highest BCUT2D eigenvalue weighted by molar-refractivity contribution is 5.84. The van der Waals surface area contributed by atoms with E-state index in [9.17, 15) is 0 Å². The smallest absolute Gasteiger partial charge is 0.0456 e. The molecule has 0 aliphatic carbocycles. The first-order chi connectivity index (χ1) is 6.16. The van der Waals surface area contributed by atoms with Gasteiger partial charge in [-0.3, -0.25) is 0 Å². The SMILES string of the molecule is C=C(C)c1ccc2[nH]c(C)cc2c1. The molecule has 0 amide bonds. The zero-order chi connectivity index (χ0) is 9.42. The Bertz CT molecular complexity index is 463. The normalized spacial score (nSPS) is 10.6. The standard InChI is InChI=1S/C12H13N/c1-8(2)10-4-5-12-11(7-10)6-9(3)13-12/h4-7,13H,1H2,2-3H3. The van der Waals surface area contributed by atoms with Gasteiger partial charge in [0.25, 0.3) is 0 Å². The number of aromatic nitrogens is 1. The molecule has 0 unspecified atom stereocenters. The number of aromatic amines is 1. The maximum Gasteiger partial charge on any atom is 0.0456 e. The van der Waals surface area contributed by atoms with E-state index in [2.05, 4.69) is 42.8 Å². The summed E-state index contributed by atoms with van der Waals surface area (Å²) in [5.41, 5.74) is 4.73. The molecule has 1 N–H and O–H groups in total. The fourth-order valence-corrected chi connectivity index (χ4v) is 1.54. The van der Waals surface area contributed by atoms with E-state index in [1.807, 2.05) is 6.92 Å². The second-order valence-electron chi connectivity index (χ2n) is 3.53. The number of aryl methyl sites for hydroxylation is 1. The van der Waals surface area contributed by atoms with Crippen molar-refractivity contribution in [3.63, 3.8) is 0 Å². The highest BCUT2D eigenvalue weighted by atomic mass is 14.7. The van der Waals surface area contributed by atoms with Crippen molar-refractivity contribution in [1.29, 1.82) is 0 Å². The Morgan fingerprint density at radius 3 is 2.77 bits per heavy atom. The number of benzene rings is 1. The summed E-state index contributed by atoms with van der Waals surface area (Å²) >= 11 is 0. The number of allylic oxidation sites excluding steroid dienone is 1. The first-order valence-corrected chi connectivity index (χ1v) is 4.42. The predicted molar refractivity (Wildman–Crippen MR) is 57.7 cm³/mol. The van der Waals surface area contributed by atoms with Gasteiger partial charge in [0.2, 0.25) is 0 Å². The number of hydrogen-bond acceptors (Lipinski definition) is 0. The molecule has 1 nitrogen and oxygen atoms in total. The maximum atomic E-state index is 3.93. The van der Waals surface area contributed by atoms with Crippen molar-refractivity contribution in [3.05, 3.63) is 42.1 Å². The summed E-state index contributed by atoms with van der Waals surface area (Å²) < 4.78 is 0. The zero-order valence-corrected chi connectivity index (χ0v) is 8.02. The van der Waals surface area contributed by atoms with Crippen LogP contribution in [-0.2, 0) is 0 Å². The fraction of sp³-hybridized carbons (Fsp3) is 0.167. The molecule has 66 valence electrons. The lowest BCUT2D eigenvalue weighted by molar-refractivity contribution is 1.30. The molecule has 0 radical (unpaired) electrons. The summed E-state index contributed by atoms with van der Waals surface area (Å²) in [4.78, 5) is 3.29. The molecular weight excluding hydrogens is 158 g/mol. The summed E-state index contributed by atoms with van der Waals surface area (Å²) in [5, 5.41) is 1.26. The number of nitrogens with one attached hydrogen (secondary N) is 1. The van der Waals surface area contributed by atoms with Gasteiger partial charge in [-0.05, 0) is 37.6 Å². The Labute approximate surface area is 78.1 Å². The summed E-state index contributed by atoms with van der Waals surface area (Å²) in [7, 11) is 0. The summed E-state index contributed by atoms with van der Waals surface area (Å²) in [6, 6.07) is 8.52. The topological polar surface area (TPSA) is 15.8 Å². The van der Waals surface area contributed by atoms with Gasteiger partial charge < -0.3 is 4.98 Å². The number of H-pyrrole nitrogens is 1. The van der Waals surface area contributed by atoms with E-state index in [1.54, 1.807) is 0 Å². The maximum absolute atomic E-state index is 3.93. The Kier molecular flexibility index (Phi) is 1.73. The van der Waals surface area contributed by atoms with Crippen LogP contribution in [0.1, 0.15) is 18.2 Å². The highest BCUT2D eigenvalue weighted by Gasteiger charge is 1.98. The van der Waals surface area contributed by atoms with E-state index in [0.29, 0.717) is 0 Å². The van der Waals surface area contributed by atoms with Crippen LogP contribution in [0.15, 0.2) is 30.8 Å². The van der Waals surface area contributed by atoms with Crippen LogP contribution in [0.5, 0.6) is 0 Å². The van der Waals surface area contributed by atoms with Gasteiger partial charge >= 0.3 is 0 Å².